The van der Waals surface area contributed by atoms with Crippen LogP contribution in [0.4, 0.5) is 0 Å². The van der Waals surface area contributed by atoms with Crippen molar-refractivity contribution in [3.63, 3.8) is 0 Å². The number of benzene rings is 2. The van der Waals surface area contributed by atoms with Gasteiger partial charge in [0, 0.05) is 0 Å². The molecule has 4 N–H and O–H groups in total. The Morgan fingerprint density at radius 2 is 1.05 bits per heavy atom. The van der Waals surface area contributed by atoms with Crippen molar-refractivity contribution in [3.8, 4) is 0 Å². The van der Waals surface area contributed by atoms with Gasteiger partial charge in [-0.15, -0.1) is 0 Å². The van der Waals surface area contributed by atoms with Crippen LogP contribution in [0.25, 0.3) is 0 Å². The van der Waals surface area contributed by atoms with Gasteiger partial charge in [-0.1, -0.05) is 60.7 Å². The second-order valence-corrected chi connectivity index (χ2v) is 4.89. The van der Waals surface area contributed by atoms with Crippen LogP contribution in [0.15, 0.2) is 60.7 Å². The average molecular weight is 286 g/mol. The van der Waals surface area contributed by atoms with Gasteiger partial charge in [0.05, 0.1) is 25.3 Å². The molecule has 0 radical (unpaired) electrons. The molecule has 0 saturated heterocycles. The molecular weight excluding hydrogens is 264 g/mol. The fraction of sp³-hybridized carbons (Fsp3) is 0.294. The molecule has 0 spiro atoms. The van der Waals surface area contributed by atoms with Crippen molar-refractivity contribution in [3.05, 3.63) is 71.8 Å². The molecule has 0 aliphatic rings. The second-order valence-electron chi connectivity index (χ2n) is 4.89. The highest BCUT2D eigenvalue weighted by Gasteiger charge is 2.07. The molecule has 0 heterocycles. The zero-order valence-electron chi connectivity index (χ0n) is 12.0. The van der Waals surface area contributed by atoms with Gasteiger partial charge in [-0.3, -0.25) is 0 Å². The molecule has 2 unspecified atom stereocenters. The molecule has 0 saturated carbocycles. The van der Waals surface area contributed by atoms with Crippen LogP contribution in [-0.2, 0) is 9.47 Å². The predicted octanol–water partition coefficient (Wildman–Crippen LogP) is 2.38. The van der Waals surface area contributed by atoms with E-state index in [1.54, 1.807) is 0 Å². The Morgan fingerprint density at radius 3 is 1.43 bits per heavy atom. The molecule has 0 amide bonds. The lowest BCUT2D eigenvalue weighted by molar-refractivity contribution is -0.0616. The van der Waals surface area contributed by atoms with Crippen molar-refractivity contribution in [2.45, 2.75) is 12.1 Å². The Hall–Kier alpha value is -1.72. The van der Waals surface area contributed by atoms with Gasteiger partial charge < -0.3 is 20.9 Å². The summed E-state index contributed by atoms with van der Waals surface area (Å²) in [6.45, 7) is 1.04. The molecule has 2 rings (SSSR count). The summed E-state index contributed by atoms with van der Waals surface area (Å²) in [6, 6.07) is 19.4. The van der Waals surface area contributed by atoms with Crippen molar-refractivity contribution < 1.29 is 9.47 Å². The Kier molecular flexibility index (Phi) is 6.37. The predicted molar refractivity (Wildman–Crippen MR) is 83.5 cm³/mol. The van der Waals surface area contributed by atoms with Crippen molar-refractivity contribution in [1.82, 2.24) is 0 Å². The van der Waals surface area contributed by atoms with Crippen LogP contribution in [0.2, 0.25) is 0 Å². The lowest BCUT2D eigenvalue weighted by Crippen LogP contribution is -2.21. The summed E-state index contributed by atoms with van der Waals surface area (Å²) in [7, 11) is 0. The summed E-state index contributed by atoms with van der Waals surface area (Å²) in [5.74, 6) is 0. The fourth-order valence-electron chi connectivity index (χ4n) is 2.00. The number of hydrogen-bond donors (Lipinski definition) is 2. The first-order valence-electron chi connectivity index (χ1n) is 7.04. The first kappa shape index (κ1) is 15.7. The number of rotatable bonds is 8. The van der Waals surface area contributed by atoms with Crippen molar-refractivity contribution >= 4 is 0 Å². The van der Waals surface area contributed by atoms with Gasteiger partial charge in [-0.25, -0.2) is 0 Å². The lowest BCUT2D eigenvalue weighted by Gasteiger charge is -2.15. The highest BCUT2D eigenvalue weighted by atomic mass is 16.7. The number of ether oxygens (including phenoxy) is 2. The molecule has 0 aliphatic heterocycles. The van der Waals surface area contributed by atoms with Gasteiger partial charge in [0.1, 0.15) is 6.79 Å². The smallest absolute Gasteiger partial charge is 0.146 e. The quantitative estimate of drug-likeness (QED) is 0.577. The van der Waals surface area contributed by atoms with Crippen LogP contribution in [0.5, 0.6) is 0 Å². The Morgan fingerprint density at radius 1 is 0.667 bits per heavy atom. The third-order valence-electron chi connectivity index (χ3n) is 3.22. The number of hydrogen-bond acceptors (Lipinski definition) is 4. The highest BCUT2D eigenvalue weighted by molar-refractivity contribution is 5.19. The normalized spacial score (nSPS) is 13.8. The summed E-state index contributed by atoms with van der Waals surface area (Å²) in [4.78, 5) is 0. The van der Waals surface area contributed by atoms with Crippen LogP contribution in [-0.4, -0.2) is 20.0 Å². The van der Waals surface area contributed by atoms with E-state index < -0.39 is 0 Å². The van der Waals surface area contributed by atoms with E-state index in [9.17, 15) is 0 Å². The van der Waals surface area contributed by atoms with Gasteiger partial charge in [0.2, 0.25) is 0 Å². The largest absolute Gasteiger partial charge is 0.353 e. The van der Waals surface area contributed by atoms with Crippen molar-refractivity contribution in [2.24, 2.45) is 11.5 Å². The van der Waals surface area contributed by atoms with E-state index >= 15 is 0 Å². The zero-order valence-corrected chi connectivity index (χ0v) is 12.0. The third kappa shape index (κ3) is 5.28. The fourth-order valence-corrected chi connectivity index (χ4v) is 2.00. The minimum absolute atomic E-state index is 0.141. The van der Waals surface area contributed by atoms with Crippen LogP contribution < -0.4 is 11.5 Å². The molecule has 0 bridgehead atoms. The van der Waals surface area contributed by atoms with Gasteiger partial charge in [0.15, 0.2) is 0 Å². The van der Waals surface area contributed by atoms with Gasteiger partial charge >= 0.3 is 0 Å². The van der Waals surface area contributed by atoms with Crippen molar-refractivity contribution in [1.29, 1.82) is 0 Å². The minimum Gasteiger partial charge on any atom is -0.353 e. The van der Waals surface area contributed by atoms with Crippen LogP contribution in [0.3, 0.4) is 0 Å². The second kappa shape index (κ2) is 8.54. The maximum atomic E-state index is 6.02. The lowest BCUT2D eigenvalue weighted by atomic mass is 10.1. The maximum absolute atomic E-state index is 6.02. The highest BCUT2D eigenvalue weighted by Crippen LogP contribution is 2.11. The summed E-state index contributed by atoms with van der Waals surface area (Å²) in [6.07, 6.45) is 0. The standard InChI is InChI=1S/C17H22N2O2/c18-16(14-7-3-1-4-8-14)11-20-13-21-12-17(19)15-9-5-2-6-10-15/h1-10,16-17H,11-13,18-19H2. The summed E-state index contributed by atoms with van der Waals surface area (Å²) in [5.41, 5.74) is 14.2. The monoisotopic (exact) mass is 286 g/mol. The van der Waals surface area contributed by atoms with E-state index in [0.29, 0.717) is 13.2 Å². The van der Waals surface area contributed by atoms with Gasteiger partial charge in [-0.05, 0) is 11.1 Å². The Labute approximate surface area is 125 Å². The van der Waals surface area contributed by atoms with E-state index in [0.717, 1.165) is 11.1 Å². The van der Waals surface area contributed by atoms with Crippen LogP contribution in [0.1, 0.15) is 23.2 Å². The van der Waals surface area contributed by atoms with Crippen LogP contribution in [0, 0.1) is 0 Å². The molecule has 2 atom stereocenters. The van der Waals surface area contributed by atoms with E-state index in [4.69, 9.17) is 20.9 Å². The van der Waals surface area contributed by atoms with Gasteiger partial charge in [0.25, 0.3) is 0 Å². The van der Waals surface area contributed by atoms with E-state index in [1.165, 1.54) is 0 Å². The van der Waals surface area contributed by atoms with Crippen molar-refractivity contribution in [2.75, 3.05) is 20.0 Å². The molecular formula is C17H22N2O2. The molecule has 21 heavy (non-hydrogen) atoms. The minimum atomic E-state index is -0.141. The maximum Gasteiger partial charge on any atom is 0.146 e. The average Bonchev–Trinajstić information content (AvgIpc) is 2.55. The topological polar surface area (TPSA) is 70.5 Å². The number of nitrogens with two attached hydrogens (primary N) is 2. The Balaban J connectivity index is 1.62. The van der Waals surface area contributed by atoms with Crippen LogP contribution >= 0.6 is 0 Å². The first-order valence-corrected chi connectivity index (χ1v) is 7.04. The molecule has 4 nitrogen and oxygen atoms in total. The Bertz CT molecular complexity index is 457. The van der Waals surface area contributed by atoms with E-state index in [1.807, 2.05) is 60.7 Å². The molecule has 0 fully saturated rings. The molecule has 2 aromatic carbocycles. The molecule has 0 aromatic heterocycles. The molecule has 112 valence electrons. The molecule has 0 aliphatic carbocycles. The molecule has 2 aromatic rings. The third-order valence-corrected chi connectivity index (χ3v) is 3.22. The van der Waals surface area contributed by atoms with E-state index in [-0.39, 0.29) is 18.9 Å². The van der Waals surface area contributed by atoms with Gasteiger partial charge in [-0.2, -0.15) is 0 Å². The van der Waals surface area contributed by atoms with E-state index in [2.05, 4.69) is 0 Å². The zero-order chi connectivity index (χ0) is 14.9. The summed E-state index contributed by atoms with van der Waals surface area (Å²) >= 11 is 0. The summed E-state index contributed by atoms with van der Waals surface area (Å²) in [5, 5.41) is 0. The SMILES string of the molecule is NC(COCOCC(N)c1ccccc1)c1ccccc1. The summed E-state index contributed by atoms with van der Waals surface area (Å²) < 4.78 is 10.9. The first-order chi connectivity index (χ1) is 10.3. The molecule has 4 heteroatoms.